The van der Waals surface area contributed by atoms with E-state index in [4.69, 9.17) is 13.6 Å². The molecule has 200 valence electrons. The second kappa shape index (κ2) is 14.6. The Kier molecular flexibility index (Phi) is 13.3. The van der Waals surface area contributed by atoms with Crippen molar-refractivity contribution in [1.29, 1.82) is 0 Å². The lowest BCUT2D eigenvalue weighted by Gasteiger charge is -2.42. The summed E-state index contributed by atoms with van der Waals surface area (Å²) in [6.07, 6.45) is 8.47. The molecule has 0 amide bonds. The van der Waals surface area contributed by atoms with Crippen LogP contribution in [0.25, 0.3) is 0 Å². The second-order valence-corrected chi connectivity index (χ2v) is 22.4. The minimum absolute atomic E-state index is 0.247. The van der Waals surface area contributed by atoms with E-state index in [1.54, 1.807) is 0 Å². The molecule has 0 unspecified atom stereocenters. The van der Waals surface area contributed by atoms with Crippen LogP contribution in [0.5, 0.6) is 0 Å². The molecule has 0 saturated heterocycles. The van der Waals surface area contributed by atoms with E-state index >= 15 is 0 Å². The van der Waals surface area contributed by atoms with E-state index in [1.807, 2.05) is 18.2 Å². The maximum absolute atomic E-state index is 7.01. The van der Waals surface area contributed by atoms with E-state index in [-0.39, 0.29) is 5.04 Å². The van der Waals surface area contributed by atoms with Crippen LogP contribution in [0.4, 0.5) is 0 Å². The lowest BCUT2D eigenvalue weighted by Crippen LogP contribution is -2.47. The van der Waals surface area contributed by atoms with E-state index < -0.39 is 16.6 Å². The first-order valence-electron chi connectivity index (χ1n) is 13.5. The molecule has 35 heavy (non-hydrogen) atoms. The Morgan fingerprint density at radius 1 is 0.914 bits per heavy atom. The maximum Gasteiger partial charge on any atom is 0.258 e. The van der Waals surface area contributed by atoms with E-state index in [1.165, 1.54) is 5.56 Å². The van der Waals surface area contributed by atoms with Crippen molar-refractivity contribution in [3.63, 3.8) is 0 Å². The van der Waals surface area contributed by atoms with Crippen molar-refractivity contribution in [2.75, 3.05) is 13.2 Å². The Labute approximate surface area is 219 Å². The molecule has 0 bridgehead atoms. The van der Waals surface area contributed by atoms with E-state index in [2.05, 4.69) is 106 Å². The van der Waals surface area contributed by atoms with Crippen LogP contribution in [-0.2, 0) is 20.2 Å². The van der Waals surface area contributed by atoms with Crippen LogP contribution in [0, 0.1) is 0 Å². The van der Waals surface area contributed by atoms with Gasteiger partial charge in [0.1, 0.15) is 0 Å². The highest BCUT2D eigenvalue weighted by molar-refractivity contribution is 6.78. The molecule has 1 aromatic rings. The van der Waals surface area contributed by atoms with Crippen LogP contribution >= 0.6 is 0 Å². The maximum atomic E-state index is 7.01. The molecule has 0 heterocycles. The number of hydrogen-bond donors (Lipinski definition) is 0. The molecule has 0 fully saturated rings. The average Bonchev–Trinajstić information content (AvgIpc) is 2.75. The van der Waals surface area contributed by atoms with Crippen LogP contribution in [0.15, 0.2) is 54.3 Å². The molecule has 1 rings (SSSR count). The highest BCUT2D eigenvalue weighted by Crippen LogP contribution is 2.43. The number of ether oxygens (including phenoxy) is 1. The van der Waals surface area contributed by atoms with Gasteiger partial charge in [-0.2, -0.15) is 0 Å². The van der Waals surface area contributed by atoms with Crippen molar-refractivity contribution in [1.82, 2.24) is 0 Å². The van der Waals surface area contributed by atoms with Gasteiger partial charge >= 0.3 is 0 Å². The lowest BCUT2D eigenvalue weighted by atomic mass is 10.2. The van der Waals surface area contributed by atoms with Crippen molar-refractivity contribution in [2.24, 2.45) is 0 Å². The quantitative estimate of drug-likeness (QED) is 0.100. The Morgan fingerprint density at radius 3 is 2.00 bits per heavy atom. The third kappa shape index (κ3) is 10.0. The van der Waals surface area contributed by atoms with Crippen LogP contribution in [0.2, 0.25) is 34.8 Å². The standard InChI is InChI=1S/C30H54O3Si2/c1-25(2)35(26(3)4,27(5)6)33-29(20-15-16-23-32-34(10,11)30(7,8)9)21-17-22-31-24-28-18-13-12-14-19-28/h12-14,17-21,25-27H,15-16,22-24H2,1-11H3/b21-17+,29-20-. The molecule has 0 spiro atoms. The number of benzene rings is 1. The number of rotatable bonds is 15. The first-order chi connectivity index (χ1) is 16.2. The summed E-state index contributed by atoms with van der Waals surface area (Å²) < 4.78 is 19.3. The molecule has 0 aromatic heterocycles. The van der Waals surface area contributed by atoms with Gasteiger partial charge in [0.15, 0.2) is 8.32 Å². The molecule has 0 N–H and O–H groups in total. The van der Waals surface area contributed by atoms with Gasteiger partial charge in [0, 0.05) is 6.61 Å². The third-order valence-electron chi connectivity index (χ3n) is 7.57. The highest BCUT2D eigenvalue weighted by Gasteiger charge is 2.47. The predicted molar refractivity (Wildman–Crippen MR) is 158 cm³/mol. The van der Waals surface area contributed by atoms with Crippen molar-refractivity contribution in [2.45, 2.75) is 117 Å². The normalized spacial score (nSPS) is 14.1. The van der Waals surface area contributed by atoms with Crippen LogP contribution in [-0.4, -0.2) is 29.8 Å². The SMILES string of the molecule is CC(C)[Si](OC(=C\CCCO[Si](C)(C)C(C)(C)C)/C=C/COCc1ccccc1)(C(C)C)C(C)C. The zero-order valence-corrected chi connectivity index (χ0v) is 26.6. The van der Waals surface area contributed by atoms with Gasteiger partial charge < -0.3 is 13.6 Å². The molecule has 0 aliphatic carbocycles. The van der Waals surface area contributed by atoms with Crippen molar-refractivity contribution in [3.05, 3.63) is 59.9 Å². The molecule has 0 atom stereocenters. The molecule has 0 radical (unpaired) electrons. The Balaban J connectivity index is 2.89. The van der Waals surface area contributed by atoms with Crippen LogP contribution in [0.1, 0.15) is 80.7 Å². The fraction of sp³-hybridized carbons (Fsp3) is 0.667. The summed E-state index contributed by atoms with van der Waals surface area (Å²) in [5.41, 5.74) is 2.81. The second-order valence-electron chi connectivity index (χ2n) is 12.2. The molecule has 5 heteroatoms. The summed E-state index contributed by atoms with van der Waals surface area (Å²) >= 11 is 0. The van der Waals surface area contributed by atoms with Gasteiger partial charge in [0.2, 0.25) is 0 Å². The Morgan fingerprint density at radius 2 is 1.49 bits per heavy atom. The molecule has 3 nitrogen and oxygen atoms in total. The number of unbranched alkanes of at least 4 members (excludes halogenated alkanes) is 1. The highest BCUT2D eigenvalue weighted by atomic mass is 28.4. The topological polar surface area (TPSA) is 27.7 Å². The van der Waals surface area contributed by atoms with Gasteiger partial charge in [-0.3, -0.25) is 0 Å². The van der Waals surface area contributed by atoms with Gasteiger partial charge in [-0.05, 0) is 65.3 Å². The molecular formula is C30H54O3Si2. The smallest absolute Gasteiger partial charge is 0.258 e. The fourth-order valence-corrected chi connectivity index (χ4v) is 10.9. The lowest BCUT2D eigenvalue weighted by molar-refractivity contribution is 0.148. The van der Waals surface area contributed by atoms with Gasteiger partial charge in [-0.15, -0.1) is 0 Å². The van der Waals surface area contributed by atoms with Gasteiger partial charge in [-0.25, -0.2) is 0 Å². The minimum atomic E-state index is -2.02. The predicted octanol–water partition coefficient (Wildman–Crippen LogP) is 9.64. The summed E-state index contributed by atoms with van der Waals surface area (Å²) in [6.45, 7) is 27.6. The van der Waals surface area contributed by atoms with Crippen molar-refractivity contribution in [3.8, 4) is 0 Å². The van der Waals surface area contributed by atoms with Crippen molar-refractivity contribution < 1.29 is 13.6 Å². The first-order valence-corrected chi connectivity index (χ1v) is 18.6. The summed E-state index contributed by atoms with van der Waals surface area (Å²) in [7, 11) is -3.72. The van der Waals surface area contributed by atoms with E-state index in [9.17, 15) is 0 Å². The number of hydrogen-bond acceptors (Lipinski definition) is 3. The summed E-state index contributed by atoms with van der Waals surface area (Å²) in [6, 6.07) is 10.3. The number of allylic oxidation sites excluding steroid dienone is 2. The molecule has 0 aliphatic heterocycles. The fourth-order valence-electron chi connectivity index (χ4n) is 4.56. The van der Waals surface area contributed by atoms with Gasteiger partial charge in [-0.1, -0.05) is 98.7 Å². The van der Waals surface area contributed by atoms with E-state index in [0.29, 0.717) is 29.8 Å². The molecule has 0 aliphatic rings. The largest absolute Gasteiger partial charge is 0.543 e. The zero-order valence-electron chi connectivity index (χ0n) is 24.6. The Hall–Kier alpha value is -1.15. The summed E-state index contributed by atoms with van der Waals surface area (Å²) in [4.78, 5) is 0. The first kappa shape index (κ1) is 31.9. The van der Waals surface area contributed by atoms with Gasteiger partial charge in [0.25, 0.3) is 8.32 Å². The molecular weight excluding hydrogens is 464 g/mol. The summed E-state index contributed by atoms with van der Waals surface area (Å²) in [5, 5.41) is 0.247. The monoisotopic (exact) mass is 518 g/mol. The van der Waals surface area contributed by atoms with E-state index in [0.717, 1.165) is 25.2 Å². The minimum Gasteiger partial charge on any atom is -0.543 e. The summed E-state index contributed by atoms with van der Waals surface area (Å²) in [5.74, 6) is 1.00. The Bertz CT molecular complexity index is 753. The average molecular weight is 519 g/mol. The molecule has 1 aromatic carbocycles. The van der Waals surface area contributed by atoms with Crippen LogP contribution in [0.3, 0.4) is 0 Å². The van der Waals surface area contributed by atoms with Gasteiger partial charge in [0.05, 0.1) is 19.0 Å². The van der Waals surface area contributed by atoms with Crippen molar-refractivity contribution >= 4 is 16.6 Å². The molecule has 0 saturated carbocycles. The van der Waals surface area contributed by atoms with Crippen LogP contribution < -0.4 is 0 Å². The third-order valence-corrected chi connectivity index (χ3v) is 18.1. The zero-order chi connectivity index (χ0) is 26.7.